The molecule has 0 aliphatic rings. The van der Waals surface area contributed by atoms with Crippen molar-refractivity contribution in [3.05, 3.63) is 5.53 Å². The molecule has 0 fully saturated rings. The molecule has 0 rings (SSSR count). The van der Waals surface area contributed by atoms with Gasteiger partial charge in [-0.2, -0.15) is 17.6 Å². The summed E-state index contributed by atoms with van der Waals surface area (Å²) in [7, 11) is -12.3. The molecule has 0 aliphatic heterocycles. The van der Waals surface area contributed by atoms with Gasteiger partial charge in [0.1, 0.15) is 0 Å². The maximum Gasteiger partial charge on any atom is 0.527 e. The van der Waals surface area contributed by atoms with Gasteiger partial charge in [0.2, 0.25) is 0 Å². The van der Waals surface area contributed by atoms with Crippen molar-refractivity contribution in [3.63, 3.8) is 0 Å². The summed E-state index contributed by atoms with van der Waals surface area (Å²) in [6, 6.07) is 0. The Hall–Kier alpha value is -1.25. The quantitative estimate of drug-likeness (QED) is 0.240. The van der Waals surface area contributed by atoms with E-state index < -0.39 is 41.8 Å². The smallest absolute Gasteiger partial charge is 0.359 e. The second kappa shape index (κ2) is 5.19. The minimum Gasteiger partial charge on any atom is -0.359 e. The molecule has 7 nitrogen and oxygen atoms in total. The molecule has 0 aliphatic carbocycles. The fourth-order valence-corrected chi connectivity index (χ4v) is 3.54. The van der Waals surface area contributed by atoms with Crippen molar-refractivity contribution < 1.29 is 57.1 Å². The molecule has 0 aromatic heterocycles. The van der Waals surface area contributed by atoms with Crippen LogP contribution in [-0.2, 0) is 24.4 Å². The average Bonchev–Trinajstić information content (AvgIpc) is 2.10. The van der Waals surface area contributed by atoms with E-state index in [1.807, 2.05) is 0 Å². The second-order valence-electron chi connectivity index (χ2n) is 3.22. The second-order valence-corrected chi connectivity index (χ2v) is 7.32. The van der Waals surface area contributed by atoms with Crippen LogP contribution < -0.4 is 0 Å². The predicted octanol–water partition coefficient (Wildman–Crippen LogP) is 0.754. The molecule has 0 spiro atoms. The van der Waals surface area contributed by atoms with Crippen molar-refractivity contribution in [1.82, 2.24) is 0 Å². The molecule has 124 valence electrons. The number of alkyl halides is 7. The Morgan fingerprint density at radius 1 is 1.00 bits per heavy atom. The minimum atomic E-state index is -7.03. The van der Waals surface area contributed by atoms with Crippen molar-refractivity contribution in [2.45, 2.75) is 17.7 Å². The first-order valence-corrected chi connectivity index (χ1v) is 7.47. The summed E-state index contributed by atoms with van der Waals surface area (Å²) in [5, 5.41) is -6.69. The fourth-order valence-electron chi connectivity index (χ4n) is 0.798. The highest BCUT2D eigenvalue weighted by molar-refractivity contribution is 8.31. The summed E-state index contributed by atoms with van der Waals surface area (Å²) in [4.78, 5) is 1.40. The van der Waals surface area contributed by atoms with E-state index in [0.717, 1.165) is 0 Å². The van der Waals surface area contributed by atoms with Crippen LogP contribution in [0.1, 0.15) is 0 Å². The topological polar surface area (TPSA) is 114 Å². The van der Waals surface area contributed by atoms with E-state index in [-0.39, 0.29) is 6.26 Å². The van der Waals surface area contributed by atoms with E-state index in [2.05, 4.69) is 0 Å². The summed E-state index contributed by atoms with van der Waals surface area (Å²) in [5.74, 6) is 0. The molecule has 0 amide bonds. The first-order chi connectivity index (χ1) is 8.90. The molecular weight excluding hydrogens is 365 g/mol. The number of rotatable bonds is 3. The Kier molecular flexibility index (Phi) is 4.88. The van der Waals surface area contributed by atoms with Crippen molar-refractivity contribution in [2.24, 2.45) is 0 Å². The molecular formula is C5H3F7N2O5S2. The van der Waals surface area contributed by atoms with Crippen LogP contribution in [0.2, 0.25) is 0 Å². The van der Waals surface area contributed by atoms with E-state index in [4.69, 9.17) is 5.53 Å². The third-order valence-corrected chi connectivity index (χ3v) is 5.29. The molecule has 0 heterocycles. The number of hydrogen-bond acceptors (Lipinski definition) is 5. The van der Waals surface area contributed by atoms with Gasteiger partial charge >= 0.3 is 31.9 Å². The summed E-state index contributed by atoms with van der Waals surface area (Å²) in [6.45, 7) is 0. The lowest BCUT2D eigenvalue weighted by molar-refractivity contribution is -0.452. The van der Waals surface area contributed by atoms with Gasteiger partial charge in [-0.25, -0.2) is 21.6 Å². The van der Waals surface area contributed by atoms with Crippen LogP contribution in [0.5, 0.6) is 0 Å². The zero-order chi connectivity index (χ0) is 17.5. The lowest BCUT2D eigenvalue weighted by Gasteiger charge is -2.24. The lowest BCUT2D eigenvalue weighted by Crippen LogP contribution is -2.54. The molecule has 0 N–H and O–H groups in total. The maximum atomic E-state index is 13.1. The van der Waals surface area contributed by atoms with Gasteiger partial charge in [0.05, 0.1) is 6.26 Å². The van der Waals surface area contributed by atoms with Gasteiger partial charge < -0.3 is 5.53 Å². The van der Waals surface area contributed by atoms with Gasteiger partial charge in [-0.1, -0.05) is 0 Å². The first-order valence-electron chi connectivity index (χ1n) is 4.09. The molecule has 0 saturated carbocycles. The van der Waals surface area contributed by atoms with Crippen molar-refractivity contribution in [3.8, 4) is 0 Å². The van der Waals surface area contributed by atoms with E-state index >= 15 is 0 Å². The molecule has 0 saturated heterocycles. The molecule has 0 atom stereocenters. The first kappa shape index (κ1) is 19.8. The Morgan fingerprint density at radius 2 is 1.38 bits per heavy atom. The van der Waals surface area contributed by atoms with Crippen LogP contribution in [0.3, 0.4) is 0 Å². The minimum absolute atomic E-state index is 0.127. The van der Waals surface area contributed by atoms with Crippen LogP contribution in [0, 0.1) is 0 Å². The fraction of sp³-hybridized carbons (Fsp3) is 0.800. The van der Waals surface area contributed by atoms with Crippen molar-refractivity contribution in [2.75, 3.05) is 6.26 Å². The third-order valence-electron chi connectivity index (χ3n) is 1.55. The number of nitrogens with zero attached hydrogens (tertiary/aromatic N) is 2. The zero-order valence-corrected chi connectivity index (χ0v) is 11.0. The molecule has 16 heteroatoms. The number of hydrogen-bond donors (Lipinski definition) is 0. The maximum absolute atomic E-state index is 13.1. The average molecular weight is 368 g/mol. The molecule has 0 aromatic carbocycles. The predicted molar refractivity (Wildman–Crippen MR) is 49.4 cm³/mol. The van der Waals surface area contributed by atoms with Crippen LogP contribution in [0.25, 0.3) is 5.53 Å². The summed E-state index contributed by atoms with van der Waals surface area (Å²) in [5.41, 5.74) is 8.05. The molecule has 21 heavy (non-hydrogen) atoms. The SMILES string of the molecule is CS(=O)(=O)C(=[N+]=[N-])S(=O)(=O)C(F)(F)C(F)(F)OC(F)(F)F. The summed E-state index contributed by atoms with van der Waals surface area (Å²) < 4.78 is 129. The highest BCUT2D eigenvalue weighted by atomic mass is 32.3. The van der Waals surface area contributed by atoms with Crippen LogP contribution >= 0.6 is 0 Å². The van der Waals surface area contributed by atoms with E-state index in [0.29, 0.717) is 0 Å². The van der Waals surface area contributed by atoms with Gasteiger partial charge in [-0.05, 0) is 0 Å². The standard InChI is InChI=1S/C5H3F7N2O5S2/c1-20(15,16)2(14-13)21(17,18)4(8,9)3(6,7)19-5(10,11)12/h1H3. The molecule has 0 radical (unpaired) electrons. The largest absolute Gasteiger partial charge is 0.527 e. The normalized spacial score (nSPS) is 14.7. The van der Waals surface area contributed by atoms with Gasteiger partial charge in [0.25, 0.3) is 9.84 Å². The van der Waals surface area contributed by atoms with Crippen molar-refractivity contribution in [1.29, 1.82) is 0 Å². The third kappa shape index (κ3) is 3.90. The Balaban J connectivity index is 6.21. The summed E-state index contributed by atoms with van der Waals surface area (Å²) in [6.07, 6.45) is -13.2. The zero-order valence-electron chi connectivity index (χ0n) is 9.40. The van der Waals surface area contributed by atoms with E-state index in [1.54, 1.807) is 4.74 Å². The van der Waals surface area contributed by atoms with E-state index in [9.17, 15) is 47.6 Å². The Morgan fingerprint density at radius 3 is 1.62 bits per heavy atom. The molecule has 0 aromatic rings. The van der Waals surface area contributed by atoms with Gasteiger partial charge in [-0.3, -0.25) is 0 Å². The van der Waals surface area contributed by atoms with E-state index in [1.165, 1.54) is 4.79 Å². The highest BCUT2D eigenvalue weighted by Gasteiger charge is 2.75. The van der Waals surface area contributed by atoms with Crippen LogP contribution in [0.4, 0.5) is 30.7 Å². The Bertz CT molecular complexity index is 673. The molecule has 0 unspecified atom stereocenters. The Labute approximate surface area is 111 Å². The number of halogens is 7. The summed E-state index contributed by atoms with van der Waals surface area (Å²) >= 11 is 0. The highest BCUT2D eigenvalue weighted by Crippen LogP contribution is 2.44. The monoisotopic (exact) mass is 368 g/mol. The number of sulfone groups is 2. The van der Waals surface area contributed by atoms with Crippen molar-refractivity contribution >= 4 is 24.1 Å². The number of ether oxygens (including phenoxy) is 1. The van der Waals surface area contributed by atoms with Gasteiger partial charge in [0.15, 0.2) is 0 Å². The van der Waals surface area contributed by atoms with Gasteiger partial charge in [0, 0.05) is 0 Å². The molecule has 0 bridgehead atoms. The lowest BCUT2D eigenvalue weighted by atomic mass is 10.6. The van der Waals surface area contributed by atoms with Gasteiger partial charge in [-0.15, -0.1) is 18.0 Å². The van der Waals surface area contributed by atoms with Crippen LogP contribution in [0.15, 0.2) is 0 Å². The van der Waals surface area contributed by atoms with Crippen LogP contribution in [-0.4, -0.2) is 50.0 Å².